The fourth-order valence-corrected chi connectivity index (χ4v) is 2.82. The standard InChI is InChI=1S/C17H14O7/c1-6(18)15(22)7-2-9-13(11(20)3-7)17(24)14-10(16(9)23)4-8(19)5-12(14)21/h2-6,15,18-22H,1H3/t6-,15-/m0/s1. The van der Waals surface area contributed by atoms with E-state index in [0.29, 0.717) is 0 Å². The minimum Gasteiger partial charge on any atom is -0.508 e. The fraction of sp³-hybridized carbons (Fsp3) is 0.176. The van der Waals surface area contributed by atoms with E-state index in [1.807, 2.05) is 0 Å². The average molecular weight is 330 g/mol. The van der Waals surface area contributed by atoms with Gasteiger partial charge in [0.15, 0.2) is 5.78 Å². The van der Waals surface area contributed by atoms with Crippen molar-refractivity contribution in [2.75, 3.05) is 0 Å². The van der Waals surface area contributed by atoms with E-state index in [9.17, 15) is 35.1 Å². The van der Waals surface area contributed by atoms with Gasteiger partial charge >= 0.3 is 0 Å². The van der Waals surface area contributed by atoms with Gasteiger partial charge in [0.25, 0.3) is 0 Å². The zero-order valence-electron chi connectivity index (χ0n) is 12.5. The Bertz CT molecular complexity index is 883. The summed E-state index contributed by atoms with van der Waals surface area (Å²) >= 11 is 0. The second-order valence-electron chi connectivity index (χ2n) is 5.69. The molecule has 24 heavy (non-hydrogen) atoms. The summed E-state index contributed by atoms with van der Waals surface area (Å²) in [6, 6.07) is 4.27. The number of aliphatic hydroxyl groups excluding tert-OH is 2. The van der Waals surface area contributed by atoms with Gasteiger partial charge in [-0.05, 0) is 30.7 Å². The molecule has 0 spiro atoms. The van der Waals surface area contributed by atoms with E-state index >= 15 is 0 Å². The van der Waals surface area contributed by atoms with Crippen molar-refractivity contribution in [3.05, 3.63) is 52.1 Å². The van der Waals surface area contributed by atoms with Crippen LogP contribution in [0.4, 0.5) is 0 Å². The van der Waals surface area contributed by atoms with E-state index in [1.165, 1.54) is 13.0 Å². The van der Waals surface area contributed by atoms with Crippen LogP contribution in [0, 0.1) is 0 Å². The SMILES string of the molecule is C[C@H](O)[C@H](O)c1cc(O)c2c(c1)C(=O)c1cc(O)cc(O)c1C2=O. The number of ketones is 2. The summed E-state index contributed by atoms with van der Waals surface area (Å²) in [5, 5.41) is 48.9. The van der Waals surface area contributed by atoms with Crippen molar-refractivity contribution in [3.8, 4) is 17.2 Å². The third-order valence-electron chi connectivity index (χ3n) is 3.98. The first kappa shape index (κ1) is 16.0. The van der Waals surface area contributed by atoms with Crippen LogP contribution in [-0.4, -0.2) is 43.2 Å². The topological polar surface area (TPSA) is 135 Å². The van der Waals surface area contributed by atoms with Crippen molar-refractivity contribution in [1.29, 1.82) is 0 Å². The van der Waals surface area contributed by atoms with Gasteiger partial charge in [-0.2, -0.15) is 0 Å². The van der Waals surface area contributed by atoms with Crippen molar-refractivity contribution in [2.24, 2.45) is 0 Å². The lowest BCUT2D eigenvalue weighted by Gasteiger charge is -2.22. The first-order chi connectivity index (χ1) is 11.2. The quantitative estimate of drug-likeness (QED) is 0.473. The summed E-state index contributed by atoms with van der Waals surface area (Å²) < 4.78 is 0. The van der Waals surface area contributed by atoms with Crippen LogP contribution in [0.1, 0.15) is 50.4 Å². The number of benzene rings is 2. The first-order valence-corrected chi connectivity index (χ1v) is 7.10. The monoisotopic (exact) mass is 330 g/mol. The zero-order chi connectivity index (χ0) is 17.8. The van der Waals surface area contributed by atoms with E-state index < -0.39 is 35.3 Å². The molecule has 2 aromatic rings. The molecule has 1 aliphatic rings. The molecule has 7 nitrogen and oxygen atoms in total. The molecule has 0 aromatic heterocycles. The maximum absolute atomic E-state index is 12.6. The van der Waals surface area contributed by atoms with E-state index in [0.717, 1.165) is 18.2 Å². The fourth-order valence-electron chi connectivity index (χ4n) is 2.82. The number of hydrogen-bond donors (Lipinski definition) is 5. The maximum Gasteiger partial charge on any atom is 0.201 e. The lowest BCUT2D eigenvalue weighted by molar-refractivity contribution is 0.0303. The molecule has 0 amide bonds. The summed E-state index contributed by atoms with van der Waals surface area (Å²) in [6.07, 6.45) is -2.51. The molecule has 0 fully saturated rings. The summed E-state index contributed by atoms with van der Waals surface area (Å²) in [6.45, 7) is 1.33. The van der Waals surface area contributed by atoms with Crippen molar-refractivity contribution in [1.82, 2.24) is 0 Å². The van der Waals surface area contributed by atoms with Gasteiger partial charge in [0.05, 0.1) is 17.2 Å². The summed E-state index contributed by atoms with van der Waals surface area (Å²) in [4.78, 5) is 25.2. The number of aliphatic hydroxyl groups is 2. The largest absolute Gasteiger partial charge is 0.508 e. The van der Waals surface area contributed by atoms with Gasteiger partial charge in [0.2, 0.25) is 5.78 Å². The molecule has 5 N–H and O–H groups in total. The molecule has 2 atom stereocenters. The molecule has 7 heteroatoms. The molecule has 0 saturated carbocycles. The average Bonchev–Trinajstić information content (AvgIpc) is 2.50. The van der Waals surface area contributed by atoms with E-state index in [-0.39, 0.29) is 33.6 Å². The minimum atomic E-state index is -1.36. The normalized spacial score (nSPS) is 15.6. The highest BCUT2D eigenvalue weighted by Gasteiger charge is 2.35. The second-order valence-corrected chi connectivity index (χ2v) is 5.69. The Kier molecular flexibility index (Phi) is 3.55. The highest BCUT2D eigenvalue weighted by molar-refractivity contribution is 6.30. The molecule has 0 bridgehead atoms. The van der Waals surface area contributed by atoms with Gasteiger partial charge in [-0.1, -0.05) is 0 Å². The smallest absolute Gasteiger partial charge is 0.201 e. The molecule has 124 valence electrons. The number of carbonyl (C=O) groups excluding carboxylic acids is 2. The Labute approximate surface area is 136 Å². The third-order valence-corrected chi connectivity index (χ3v) is 3.98. The maximum atomic E-state index is 12.6. The number of rotatable bonds is 2. The predicted octanol–water partition coefficient (Wildman–Crippen LogP) is 0.993. The third kappa shape index (κ3) is 2.22. The molecule has 2 aromatic carbocycles. The summed E-state index contributed by atoms with van der Waals surface area (Å²) in [5.74, 6) is -2.96. The molecule has 0 saturated heterocycles. The Morgan fingerprint density at radius 2 is 1.33 bits per heavy atom. The lowest BCUT2D eigenvalue weighted by atomic mass is 9.81. The number of phenols is 3. The Balaban J connectivity index is 2.27. The second kappa shape index (κ2) is 5.33. The van der Waals surface area contributed by atoms with Crippen LogP contribution in [0.15, 0.2) is 24.3 Å². The van der Waals surface area contributed by atoms with E-state index in [4.69, 9.17) is 0 Å². The number of fused-ring (bicyclic) bond motifs is 2. The Morgan fingerprint density at radius 1 is 0.792 bits per heavy atom. The van der Waals surface area contributed by atoms with Crippen LogP contribution in [-0.2, 0) is 0 Å². The van der Waals surface area contributed by atoms with Crippen LogP contribution < -0.4 is 0 Å². The summed E-state index contributed by atoms with van der Waals surface area (Å²) in [5.41, 5.74) is -0.907. The van der Waals surface area contributed by atoms with Gasteiger partial charge in [-0.15, -0.1) is 0 Å². The molecule has 1 aliphatic carbocycles. The number of hydrogen-bond acceptors (Lipinski definition) is 7. The highest BCUT2D eigenvalue weighted by Crippen LogP contribution is 2.40. The minimum absolute atomic E-state index is 0.0650. The number of aromatic hydroxyl groups is 3. The van der Waals surface area contributed by atoms with Crippen molar-refractivity contribution >= 4 is 11.6 Å². The molecule has 0 radical (unpaired) electrons. The van der Waals surface area contributed by atoms with Crippen LogP contribution in [0.3, 0.4) is 0 Å². The van der Waals surface area contributed by atoms with Gasteiger partial charge in [0.1, 0.15) is 23.4 Å². The van der Waals surface area contributed by atoms with Crippen LogP contribution in [0.5, 0.6) is 17.2 Å². The van der Waals surface area contributed by atoms with Gasteiger partial charge in [0, 0.05) is 17.2 Å². The van der Waals surface area contributed by atoms with Gasteiger partial charge in [-0.3, -0.25) is 9.59 Å². The molecule has 0 aliphatic heterocycles. The van der Waals surface area contributed by atoms with Crippen molar-refractivity contribution in [3.63, 3.8) is 0 Å². The van der Waals surface area contributed by atoms with Gasteiger partial charge in [-0.25, -0.2) is 0 Å². The molecule has 0 heterocycles. The van der Waals surface area contributed by atoms with Crippen LogP contribution in [0.25, 0.3) is 0 Å². The summed E-state index contributed by atoms with van der Waals surface area (Å²) in [7, 11) is 0. The van der Waals surface area contributed by atoms with Crippen molar-refractivity contribution < 1.29 is 35.1 Å². The van der Waals surface area contributed by atoms with Crippen molar-refractivity contribution in [2.45, 2.75) is 19.1 Å². The first-order valence-electron chi connectivity index (χ1n) is 7.10. The molecular formula is C17H14O7. The Morgan fingerprint density at radius 3 is 1.92 bits per heavy atom. The van der Waals surface area contributed by atoms with Crippen LogP contribution in [0.2, 0.25) is 0 Å². The van der Waals surface area contributed by atoms with Crippen LogP contribution >= 0.6 is 0 Å². The Hall–Kier alpha value is -2.90. The number of carbonyl (C=O) groups is 2. The molecule has 0 unspecified atom stereocenters. The lowest BCUT2D eigenvalue weighted by Crippen LogP contribution is -2.22. The number of phenolic OH excluding ortho intramolecular Hbond substituents is 3. The van der Waals surface area contributed by atoms with E-state index in [1.54, 1.807) is 0 Å². The predicted molar refractivity (Wildman–Crippen MR) is 81.4 cm³/mol. The molecular weight excluding hydrogens is 316 g/mol. The zero-order valence-corrected chi connectivity index (χ0v) is 12.5. The van der Waals surface area contributed by atoms with E-state index in [2.05, 4.69) is 0 Å². The van der Waals surface area contributed by atoms with Gasteiger partial charge < -0.3 is 25.5 Å². The highest BCUT2D eigenvalue weighted by atomic mass is 16.3. The molecule has 3 rings (SSSR count).